The largest absolute Gasteiger partial charge is 0.497 e. The van der Waals surface area contributed by atoms with Gasteiger partial charge in [0.05, 0.1) is 30.1 Å². The van der Waals surface area contributed by atoms with E-state index >= 15 is 0 Å². The second kappa shape index (κ2) is 9.06. The van der Waals surface area contributed by atoms with Gasteiger partial charge in [0.15, 0.2) is 0 Å². The zero-order valence-corrected chi connectivity index (χ0v) is 17.0. The van der Waals surface area contributed by atoms with Gasteiger partial charge < -0.3 is 15.0 Å². The van der Waals surface area contributed by atoms with Crippen LogP contribution in [0.1, 0.15) is 11.3 Å². The SMILES string of the molecule is COc1cc(F)cc(S(=O)(=O)NC(=O)[C@@H](N)Cc2cn(Cc3ccccc3)cn2)c1. The van der Waals surface area contributed by atoms with Crippen molar-refractivity contribution < 1.29 is 22.3 Å². The number of nitrogens with zero attached hydrogens (tertiary/aromatic N) is 2. The van der Waals surface area contributed by atoms with Crippen molar-refractivity contribution in [3.63, 3.8) is 0 Å². The normalized spacial score (nSPS) is 12.4. The maximum absolute atomic E-state index is 13.6. The Bertz CT molecular complexity index is 1130. The number of carbonyl (C=O) groups is 1. The zero-order valence-electron chi connectivity index (χ0n) is 16.2. The number of sulfonamides is 1. The minimum atomic E-state index is -4.31. The van der Waals surface area contributed by atoms with Crippen LogP contribution in [0, 0.1) is 5.82 Å². The van der Waals surface area contributed by atoms with Gasteiger partial charge in [0.1, 0.15) is 11.6 Å². The van der Waals surface area contributed by atoms with Crippen molar-refractivity contribution in [2.24, 2.45) is 5.73 Å². The highest BCUT2D eigenvalue weighted by molar-refractivity contribution is 7.90. The monoisotopic (exact) mass is 432 g/mol. The average Bonchev–Trinajstić information content (AvgIpc) is 3.14. The van der Waals surface area contributed by atoms with Crippen LogP contribution >= 0.6 is 0 Å². The van der Waals surface area contributed by atoms with Gasteiger partial charge in [-0.2, -0.15) is 0 Å². The summed E-state index contributed by atoms with van der Waals surface area (Å²) < 4.78 is 47.0. The van der Waals surface area contributed by atoms with Gasteiger partial charge in [-0.15, -0.1) is 0 Å². The molecule has 1 atom stereocenters. The molecule has 0 saturated heterocycles. The molecule has 0 radical (unpaired) electrons. The van der Waals surface area contributed by atoms with Crippen molar-refractivity contribution in [3.05, 3.63) is 78.1 Å². The van der Waals surface area contributed by atoms with Crippen molar-refractivity contribution in [3.8, 4) is 5.75 Å². The van der Waals surface area contributed by atoms with Crippen LogP contribution in [-0.4, -0.2) is 37.0 Å². The van der Waals surface area contributed by atoms with Crippen molar-refractivity contribution in [1.82, 2.24) is 14.3 Å². The Labute approximate surface area is 173 Å². The van der Waals surface area contributed by atoms with Gasteiger partial charge in [0.2, 0.25) is 0 Å². The van der Waals surface area contributed by atoms with Crippen LogP contribution in [0.3, 0.4) is 0 Å². The van der Waals surface area contributed by atoms with E-state index in [1.807, 2.05) is 39.6 Å². The molecule has 0 bridgehead atoms. The Morgan fingerprint density at radius 3 is 2.70 bits per heavy atom. The minimum Gasteiger partial charge on any atom is -0.497 e. The number of hydrogen-bond acceptors (Lipinski definition) is 6. The summed E-state index contributed by atoms with van der Waals surface area (Å²) in [6, 6.07) is 11.5. The van der Waals surface area contributed by atoms with E-state index in [0.717, 1.165) is 23.8 Å². The molecule has 158 valence electrons. The highest BCUT2D eigenvalue weighted by atomic mass is 32.2. The molecule has 0 aliphatic rings. The quantitative estimate of drug-likeness (QED) is 0.557. The molecule has 0 unspecified atom stereocenters. The molecule has 3 N–H and O–H groups in total. The van der Waals surface area contributed by atoms with E-state index in [-0.39, 0.29) is 12.2 Å². The summed E-state index contributed by atoms with van der Waals surface area (Å²) >= 11 is 0. The number of halogens is 1. The Morgan fingerprint density at radius 1 is 1.27 bits per heavy atom. The van der Waals surface area contributed by atoms with E-state index < -0.39 is 32.7 Å². The highest BCUT2D eigenvalue weighted by Gasteiger charge is 2.24. The highest BCUT2D eigenvalue weighted by Crippen LogP contribution is 2.19. The second-order valence-corrected chi connectivity index (χ2v) is 8.31. The van der Waals surface area contributed by atoms with Gasteiger partial charge in [-0.25, -0.2) is 22.5 Å². The number of nitrogens with one attached hydrogen (secondary N) is 1. The van der Waals surface area contributed by atoms with Crippen LogP contribution in [0.25, 0.3) is 0 Å². The first-order valence-corrected chi connectivity index (χ1v) is 10.5. The molecule has 30 heavy (non-hydrogen) atoms. The molecule has 3 rings (SSSR count). The van der Waals surface area contributed by atoms with Gasteiger partial charge >= 0.3 is 0 Å². The fourth-order valence-corrected chi connectivity index (χ4v) is 3.86. The van der Waals surface area contributed by atoms with Gasteiger partial charge in [-0.1, -0.05) is 30.3 Å². The summed E-state index contributed by atoms with van der Waals surface area (Å²) in [6.07, 6.45) is 3.39. The van der Waals surface area contributed by atoms with Gasteiger partial charge in [0.25, 0.3) is 15.9 Å². The topological polar surface area (TPSA) is 116 Å². The minimum absolute atomic E-state index is 0.0103. The lowest BCUT2D eigenvalue weighted by molar-refractivity contribution is -0.120. The third kappa shape index (κ3) is 5.43. The van der Waals surface area contributed by atoms with Crippen molar-refractivity contribution >= 4 is 15.9 Å². The fraction of sp³-hybridized carbons (Fsp3) is 0.200. The van der Waals surface area contributed by atoms with E-state index in [2.05, 4.69) is 4.98 Å². The maximum Gasteiger partial charge on any atom is 0.264 e. The molecule has 10 heteroatoms. The van der Waals surface area contributed by atoms with Gasteiger partial charge in [-0.05, 0) is 11.6 Å². The third-order valence-electron chi connectivity index (χ3n) is 4.29. The predicted octanol–water partition coefficient (Wildman–Crippen LogP) is 1.45. The number of rotatable bonds is 8. The number of hydrogen-bond donors (Lipinski definition) is 2. The third-order valence-corrected chi connectivity index (χ3v) is 5.61. The zero-order chi connectivity index (χ0) is 21.7. The number of amides is 1. The molecule has 0 aliphatic heterocycles. The van der Waals surface area contributed by atoms with Crippen LogP contribution in [0.5, 0.6) is 5.75 Å². The summed E-state index contributed by atoms with van der Waals surface area (Å²) in [5, 5.41) is 0. The molecule has 2 aromatic carbocycles. The Morgan fingerprint density at radius 2 is 2.00 bits per heavy atom. The number of nitrogens with two attached hydrogens (primary N) is 1. The lowest BCUT2D eigenvalue weighted by atomic mass is 10.2. The van der Waals surface area contributed by atoms with Crippen LogP contribution in [0.4, 0.5) is 4.39 Å². The van der Waals surface area contributed by atoms with Crippen molar-refractivity contribution in [2.75, 3.05) is 7.11 Å². The molecule has 1 aromatic heterocycles. The van der Waals surface area contributed by atoms with E-state index in [4.69, 9.17) is 10.5 Å². The maximum atomic E-state index is 13.6. The molecule has 3 aromatic rings. The molecule has 8 nitrogen and oxygen atoms in total. The lowest BCUT2D eigenvalue weighted by Crippen LogP contribution is -2.44. The van der Waals surface area contributed by atoms with E-state index in [0.29, 0.717) is 12.2 Å². The number of ether oxygens (including phenoxy) is 1. The second-order valence-electron chi connectivity index (χ2n) is 6.63. The Balaban J connectivity index is 1.64. The standard InChI is InChI=1S/C20H21FN4O4S/c1-29-17-7-15(21)8-18(10-17)30(27,28)24-20(26)19(22)9-16-12-25(13-23-16)11-14-5-3-2-4-6-14/h2-8,10,12-13,19H,9,11,22H2,1H3,(H,24,26)/t19-/m0/s1. The van der Waals surface area contributed by atoms with E-state index in [1.54, 1.807) is 12.5 Å². The van der Waals surface area contributed by atoms with Gasteiger partial charge in [0, 0.05) is 31.3 Å². The summed E-state index contributed by atoms with van der Waals surface area (Å²) in [5.74, 6) is -1.72. The molecule has 0 saturated carbocycles. The van der Waals surface area contributed by atoms with Crippen LogP contribution < -0.4 is 15.2 Å². The molecule has 1 heterocycles. The summed E-state index contributed by atoms with van der Waals surface area (Å²) in [5.41, 5.74) is 7.48. The Hall–Kier alpha value is -3.24. The predicted molar refractivity (Wildman–Crippen MR) is 108 cm³/mol. The van der Waals surface area contributed by atoms with Crippen LogP contribution in [0.2, 0.25) is 0 Å². The molecule has 0 spiro atoms. The summed E-state index contributed by atoms with van der Waals surface area (Å²) in [6.45, 7) is 0.602. The fourth-order valence-electron chi connectivity index (χ4n) is 2.79. The first kappa shape index (κ1) is 21.5. The smallest absolute Gasteiger partial charge is 0.264 e. The molecular formula is C20H21FN4O4S. The first-order chi connectivity index (χ1) is 14.3. The van der Waals surface area contributed by atoms with Crippen molar-refractivity contribution in [1.29, 1.82) is 0 Å². The van der Waals surface area contributed by atoms with E-state index in [9.17, 15) is 17.6 Å². The number of aromatic nitrogens is 2. The first-order valence-electron chi connectivity index (χ1n) is 8.98. The lowest BCUT2D eigenvalue weighted by Gasteiger charge is -2.12. The average molecular weight is 432 g/mol. The summed E-state index contributed by atoms with van der Waals surface area (Å²) in [7, 11) is -3.04. The molecule has 1 amide bonds. The molecule has 0 aliphatic carbocycles. The molecular weight excluding hydrogens is 411 g/mol. The van der Waals surface area contributed by atoms with Gasteiger partial charge in [-0.3, -0.25) is 4.79 Å². The molecule has 0 fully saturated rings. The van der Waals surface area contributed by atoms with E-state index in [1.165, 1.54) is 7.11 Å². The van der Waals surface area contributed by atoms with Crippen LogP contribution in [-0.2, 0) is 27.8 Å². The number of methoxy groups -OCH3 is 1. The Kier molecular flexibility index (Phi) is 6.48. The van der Waals surface area contributed by atoms with Crippen molar-refractivity contribution in [2.45, 2.75) is 23.9 Å². The van der Waals surface area contributed by atoms with Crippen LogP contribution in [0.15, 0.2) is 66.0 Å². The number of imidazole rings is 1. The number of benzene rings is 2. The summed E-state index contributed by atoms with van der Waals surface area (Å²) in [4.78, 5) is 16.1. The number of carbonyl (C=O) groups excluding carboxylic acids is 1.